The average Bonchev–Trinajstić information content (AvgIpc) is 2.04. The van der Waals surface area contributed by atoms with Gasteiger partial charge >= 0.3 is 0 Å². The second-order valence-corrected chi connectivity index (χ2v) is 3.42. The maximum absolute atomic E-state index is 9.12. The number of rotatable bonds is 3. The molecule has 0 saturated heterocycles. The van der Waals surface area contributed by atoms with Gasteiger partial charge in [-0.1, -0.05) is 29.8 Å². The quantitative estimate of drug-likeness (QED) is 0.727. The molecule has 0 bridgehead atoms. The van der Waals surface area contributed by atoms with E-state index in [0.29, 0.717) is 6.42 Å². The zero-order chi connectivity index (χ0) is 9.84. The summed E-state index contributed by atoms with van der Waals surface area (Å²) in [5, 5.41) is 9.12. The van der Waals surface area contributed by atoms with Crippen LogP contribution in [0.5, 0.6) is 0 Å². The van der Waals surface area contributed by atoms with E-state index in [1.807, 2.05) is 25.1 Å². The molecule has 1 radical (unpaired) electrons. The van der Waals surface area contributed by atoms with Crippen molar-refractivity contribution < 1.29 is 5.11 Å². The van der Waals surface area contributed by atoms with Crippen LogP contribution >= 0.6 is 0 Å². The van der Waals surface area contributed by atoms with E-state index in [4.69, 9.17) is 10.8 Å². The van der Waals surface area contributed by atoms with Crippen molar-refractivity contribution in [3.8, 4) is 0 Å². The molecule has 0 amide bonds. The van der Waals surface area contributed by atoms with Crippen molar-refractivity contribution in [1.82, 2.24) is 0 Å². The zero-order valence-corrected chi connectivity index (χ0v) is 7.90. The third kappa shape index (κ3) is 3.17. The highest BCUT2D eigenvalue weighted by Crippen LogP contribution is 2.07. The van der Waals surface area contributed by atoms with E-state index in [9.17, 15) is 0 Å². The molecule has 0 spiro atoms. The lowest BCUT2D eigenvalue weighted by Crippen LogP contribution is -2.34. The molecule has 0 saturated carbocycles. The van der Waals surface area contributed by atoms with Gasteiger partial charge in [0, 0.05) is 6.04 Å². The standard InChI is InChI=1S/C11H16NO/c1-8-4-3-5-10(6-8)7-11(12)9(2)13/h3-6,9,11,13H,2,7,12H2,1H3. The minimum absolute atomic E-state index is 0.276. The summed E-state index contributed by atoms with van der Waals surface area (Å²) in [6.07, 6.45) is -0.0210. The van der Waals surface area contributed by atoms with Gasteiger partial charge in [-0.05, 0) is 25.8 Å². The molecule has 0 heterocycles. The van der Waals surface area contributed by atoms with Crippen LogP contribution in [0.3, 0.4) is 0 Å². The van der Waals surface area contributed by atoms with Crippen molar-refractivity contribution in [2.75, 3.05) is 0 Å². The number of aliphatic hydroxyl groups is 1. The highest BCUT2D eigenvalue weighted by atomic mass is 16.3. The van der Waals surface area contributed by atoms with Gasteiger partial charge in [0.05, 0.1) is 6.10 Å². The SMILES string of the molecule is [CH2]C(O)C(N)Cc1cccc(C)c1. The van der Waals surface area contributed by atoms with Crippen LogP contribution in [0.25, 0.3) is 0 Å². The van der Waals surface area contributed by atoms with E-state index in [-0.39, 0.29) is 6.04 Å². The minimum Gasteiger partial charge on any atom is -0.392 e. The highest BCUT2D eigenvalue weighted by Gasteiger charge is 2.09. The first-order valence-electron chi connectivity index (χ1n) is 4.42. The Morgan fingerprint density at radius 2 is 2.23 bits per heavy atom. The van der Waals surface area contributed by atoms with E-state index in [2.05, 4.69) is 13.0 Å². The summed E-state index contributed by atoms with van der Waals surface area (Å²) in [7, 11) is 0. The molecule has 0 aliphatic rings. The summed E-state index contributed by atoms with van der Waals surface area (Å²) in [4.78, 5) is 0. The van der Waals surface area contributed by atoms with E-state index >= 15 is 0 Å². The van der Waals surface area contributed by atoms with Crippen LogP contribution in [-0.2, 0) is 6.42 Å². The maximum Gasteiger partial charge on any atom is 0.0695 e. The van der Waals surface area contributed by atoms with Crippen molar-refractivity contribution in [1.29, 1.82) is 0 Å². The van der Waals surface area contributed by atoms with E-state index in [0.717, 1.165) is 5.56 Å². The maximum atomic E-state index is 9.12. The normalized spacial score (nSPS) is 15.4. The minimum atomic E-state index is -0.694. The molecule has 1 aromatic carbocycles. The third-order valence-electron chi connectivity index (χ3n) is 2.05. The first-order chi connectivity index (χ1) is 6.09. The van der Waals surface area contributed by atoms with Crippen LogP contribution in [0, 0.1) is 13.8 Å². The molecule has 3 N–H and O–H groups in total. The Bertz CT molecular complexity index is 271. The fourth-order valence-electron chi connectivity index (χ4n) is 1.25. The molecule has 0 aliphatic heterocycles. The van der Waals surface area contributed by atoms with Gasteiger partial charge in [0.2, 0.25) is 0 Å². The molecule has 2 nitrogen and oxygen atoms in total. The molecule has 1 aromatic rings. The van der Waals surface area contributed by atoms with Gasteiger partial charge in [-0.25, -0.2) is 0 Å². The Kier molecular flexibility index (Phi) is 3.46. The van der Waals surface area contributed by atoms with Crippen molar-refractivity contribution in [2.24, 2.45) is 5.73 Å². The first-order valence-corrected chi connectivity index (χ1v) is 4.42. The Morgan fingerprint density at radius 1 is 1.54 bits per heavy atom. The van der Waals surface area contributed by atoms with E-state index < -0.39 is 6.10 Å². The molecule has 2 unspecified atom stereocenters. The van der Waals surface area contributed by atoms with Crippen LogP contribution in [0.15, 0.2) is 24.3 Å². The van der Waals surface area contributed by atoms with Crippen molar-refractivity contribution >= 4 is 0 Å². The molecule has 1 rings (SSSR count). The summed E-state index contributed by atoms with van der Waals surface area (Å²) >= 11 is 0. The third-order valence-corrected chi connectivity index (χ3v) is 2.05. The summed E-state index contributed by atoms with van der Waals surface area (Å²) in [5.41, 5.74) is 8.05. The number of nitrogens with two attached hydrogens (primary N) is 1. The summed E-state index contributed by atoms with van der Waals surface area (Å²) in [5.74, 6) is 0. The lowest BCUT2D eigenvalue weighted by Gasteiger charge is -2.14. The Balaban J connectivity index is 2.64. The number of hydrogen-bond acceptors (Lipinski definition) is 2. The van der Waals surface area contributed by atoms with Crippen LogP contribution in [0.1, 0.15) is 11.1 Å². The molecule has 2 atom stereocenters. The average molecular weight is 178 g/mol. The molecular formula is C11H16NO. The predicted octanol–water partition coefficient (Wildman–Crippen LogP) is 1.06. The monoisotopic (exact) mass is 178 g/mol. The molecule has 2 heteroatoms. The molecule has 0 aliphatic carbocycles. The number of aryl methyl sites for hydroxylation is 1. The lowest BCUT2D eigenvalue weighted by molar-refractivity contribution is 0.188. The predicted molar refractivity (Wildman–Crippen MR) is 54.2 cm³/mol. The van der Waals surface area contributed by atoms with Gasteiger partial charge < -0.3 is 10.8 Å². The van der Waals surface area contributed by atoms with Crippen LogP contribution in [0.4, 0.5) is 0 Å². The van der Waals surface area contributed by atoms with Gasteiger partial charge in [-0.2, -0.15) is 0 Å². The van der Waals surface area contributed by atoms with Crippen molar-refractivity contribution in [3.05, 3.63) is 42.3 Å². The number of aliphatic hydroxyl groups excluding tert-OH is 1. The highest BCUT2D eigenvalue weighted by molar-refractivity contribution is 5.23. The number of hydrogen-bond donors (Lipinski definition) is 2. The molecular weight excluding hydrogens is 162 g/mol. The lowest BCUT2D eigenvalue weighted by atomic mass is 10.0. The van der Waals surface area contributed by atoms with Crippen LogP contribution < -0.4 is 5.73 Å². The molecule has 0 aromatic heterocycles. The fraction of sp³-hybridized carbons (Fsp3) is 0.364. The first kappa shape index (κ1) is 10.2. The molecule has 0 fully saturated rings. The van der Waals surface area contributed by atoms with Crippen molar-refractivity contribution in [3.63, 3.8) is 0 Å². The Hall–Kier alpha value is -0.860. The summed E-state index contributed by atoms with van der Waals surface area (Å²) in [6, 6.07) is 7.83. The van der Waals surface area contributed by atoms with Gasteiger partial charge in [-0.15, -0.1) is 0 Å². The topological polar surface area (TPSA) is 46.2 Å². The van der Waals surface area contributed by atoms with Gasteiger partial charge in [0.15, 0.2) is 0 Å². The van der Waals surface area contributed by atoms with E-state index in [1.54, 1.807) is 0 Å². The smallest absolute Gasteiger partial charge is 0.0695 e. The van der Waals surface area contributed by atoms with Crippen LogP contribution in [-0.4, -0.2) is 17.3 Å². The fourth-order valence-corrected chi connectivity index (χ4v) is 1.25. The summed E-state index contributed by atoms with van der Waals surface area (Å²) in [6.45, 7) is 5.52. The second kappa shape index (κ2) is 4.40. The van der Waals surface area contributed by atoms with Gasteiger partial charge in [-0.3, -0.25) is 0 Å². The molecule has 71 valence electrons. The second-order valence-electron chi connectivity index (χ2n) is 3.42. The Morgan fingerprint density at radius 3 is 2.77 bits per heavy atom. The summed E-state index contributed by atoms with van der Waals surface area (Å²) < 4.78 is 0. The number of benzene rings is 1. The zero-order valence-electron chi connectivity index (χ0n) is 7.90. The van der Waals surface area contributed by atoms with E-state index in [1.165, 1.54) is 5.56 Å². The van der Waals surface area contributed by atoms with Crippen molar-refractivity contribution in [2.45, 2.75) is 25.5 Å². The Labute approximate surface area is 79.4 Å². The largest absolute Gasteiger partial charge is 0.392 e. The van der Waals surface area contributed by atoms with Gasteiger partial charge in [0.1, 0.15) is 0 Å². The molecule has 13 heavy (non-hydrogen) atoms. The van der Waals surface area contributed by atoms with Gasteiger partial charge in [0.25, 0.3) is 0 Å². The van der Waals surface area contributed by atoms with Crippen LogP contribution in [0.2, 0.25) is 0 Å².